The van der Waals surface area contributed by atoms with E-state index in [0.29, 0.717) is 30.8 Å². The average Bonchev–Trinajstić information content (AvgIpc) is 3.21. The quantitative estimate of drug-likeness (QED) is 0.547. The number of carbonyl (C=O) groups excluding carboxylic acids is 2. The molecule has 0 radical (unpaired) electrons. The van der Waals surface area contributed by atoms with Crippen molar-refractivity contribution in [2.24, 2.45) is 5.92 Å². The van der Waals surface area contributed by atoms with Crippen LogP contribution in [0.5, 0.6) is 0 Å². The lowest BCUT2D eigenvalue weighted by atomic mass is 9.78. The van der Waals surface area contributed by atoms with E-state index in [2.05, 4.69) is 4.98 Å². The zero-order valence-corrected chi connectivity index (χ0v) is 17.9. The minimum Gasteiger partial charge on any atom is -0.466 e. The van der Waals surface area contributed by atoms with Gasteiger partial charge in [0.1, 0.15) is 17.3 Å². The molecule has 0 saturated carbocycles. The summed E-state index contributed by atoms with van der Waals surface area (Å²) >= 11 is 0. The summed E-state index contributed by atoms with van der Waals surface area (Å²) in [6, 6.07) is 12.3. The lowest BCUT2D eigenvalue weighted by molar-refractivity contribution is -0.144. The highest BCUT2D eigenvalue weighted by Crippen LogP contribution is 2.36. The Hall–Kier alpha value is -3.22. The summed E-state index contributed by atoms with van der Waals surface area (Å²) in [6.07, 6.45) is 1.68. The molecule has 1 aliphatic heterocycles. The number of hydrogen-bond donors (Lipinski definition) is 1. The molecule has 1 fully saturated rings. The summed E-state index contributed by atoms with van der Waals surface area (Å²) < 4.78 is 32.0. The number of rotatable bonds is 6. The summed E-state index contributed by atoms with van der Waals surface area (Å²) in [7, 11) is 0. The highest BCUT2D eigenvalue weighted by molar-refractivity contribution is 5.98. The summed E-state index contributed by atoms with van der Waals surface area (Å²) in [5.74, 6) is -0.977. The van der Waals surface area contributed by atoms with Crippen LogP contribution in [0.15, 0.2) is 48.5 Å². The summed E-state index contributed by atoms with van der Waals surface area (Å²) in [6.45, 7) is 3.19. The molecule has 3 aromatic rings. The van der Waals surface area contributed by atoms with Crippen molar-refractivity contribution in [2.75, 3.05) is 19.7 Å². The summed E-state index contributed by atoms with van der Waals surface area (Å²) in [4.78, 5) is 30.0. The lowest BCUT2D eigenvalue weighted by Gasteiger charge is -2.36. The smallest absolute Gasteiger partial charge is 0.306 e. The minimum atomic E-state index is -0.343. The molecule has 4 rings (SSSR count). The highest BCUT2D eigenvalue weighted by atomic mass is 19.1. The number of halogens is 2. The van der Waals surface area contributed by atoms with Crippen LogP contribution in [-0.2, 0) is 9.53 Å². The van der Waals surface area contributed by atoms with Gasteiger partial charge in [-0.15, -0.1) is 0 Å². The summed E-state index contributed by atoms with van der Waals surface area (Å²) in [5.41, 5.74) is 2.06. The van der Waals surface area contributed by atoms with Crippen LogP contribution in [0.4, 0.5) is 8.78 Å². The molecule has 1 amide bonds. The molecule has 2 aromatic carbocycles. The number of piperidine rings is 1. The number of likely N-dealkylation sites (tertiary alicyclic amines) is 1. The van der Waals surface area contributed by atoms with Gasteiger partial charge >= 0.3 is 5.97 Å². The number of amides is 1. The van der Waals surface area contributed by atoms with Crippen LogP contribution < -0.4 is 0 Å². The molecule has 0 aliphatic carbocycles. The number of aromatic amines is 1. The van der Waals surface area contributed by atoms with Gasteiger partial charge in [0, 0.05) is 24.0 Å². The van der Waals surface area contributed by atoms with Crippen molar-refractivity contribution in [2.45, 2.75) is 32.1 Å². The first-order valence-corrected chi connectivity index (χ1v) is 10.9. The van der Waals surface area contributed by atoms with E-state index < -0.39 is 0 Å². The first kappa shape index (κ1) is 22.0. The van der Waals surface area contributed by atoms with Gasteiger partial charge in [-0.3, -0.25) is 9.59 Å². The Bertz CT molecular complexity index is 1100. The molecule has 1 N–H and O–H groups in total. The Balaban J connectivity index is 1.46. The molecule has 1 aromatic heterocycles. The minimum absolute atomic E-state index is 0.0945. The molecule has 5 nitrogen and oxygen atoms in total. The molecular weight excluding hydrogens is 414 g/mol. The van der Waals surface area contributed by atoms with E-state index in [9.17, 15) is 18.4 Å². The Morgan fingerprint density at radius 1 is 1.06 bits per heavy atom. The van der Waals surface area contributed by atoms with Crippen LogP contribution in [0, 0.1) is 17.6 Å². The molecular formula is C25H26F2N2O3. The summed E-state index contributed by atoms with van der Waals surface area (Å²) in [5, 5.41) is 0.661. The van der Waals surface area contributed by atoms with Gasteiger partial charge in [-0.05, 0) is 73.6 Å². The average molecular weight is 440 g/mol. The van der Waals surface area contributed by atoms with Gasteiger partial charge < -0.3 is 14.6 Å². The number of fused-ring (bicyclic) bond motifs is 1. The van der Waals surface area contributed by atoms with E-state index in [1.807, 2.05) is 0 Å². The Morgan fingerprint density at radius 3 is 2.44 bits per heavy atom. The monoisotopic (exact) mass is 440 g/mol. The maximum atomic E-state index is 13.5. The van der Waals surface area contributed by atoms with Gasteiger partial charge in [-0.1, -0.05) is 12.1 Å². The number of benzene rings is 2. The third-order valence-electron chi connectivity index (χ3n) is 6.20. The van der Waals surface area contributed by atoms with Crippen LogP contribution in [0.1, 0.15) is 48.2 Å². The number of aromatic nitrogens is 1. The third kappa shape index (κ3) is 4.82. The fourth-order valence-corrected chi connectivity index (χ4v) is 4.56. The molecule has 1 unspecified atom stereocenters. The number of hydrogen-bond acceptors (Lipinski definition) is 3. The van der Waals surface area contributed by atoms with Crippen LogP contribution >= 0.6 is 0 Å². The number of esters is 1. The second kappa shape index (κ2) is 9.51. The fraction of sp³-hybridized carbons (Fsp3) is 0.360. The molecule has 1 saturated heterocycles. The maximum absolute atomic E-state index is 13.5. The van der Waals surface area contributed by atoms with E-state index in [1.54, 1.807) is 36.1 Å². The zero-order chi connectivity index (χ0) is 22.7. The van der Waals surface area contributed by atoms with E-state index in [4.69, 9.17) is 4.74 Å². The van der Waals surface area contributed by atoms with E-state index in [1.165, 1.54) is 24.3 Å². The Labute approximate surface area is 185 Å². The predicted molar refractivity (Wildman–Crippen MR) is 117 cm³/mol. The number of carbonyl (C=O) groups is 2. The Morgan fingerprint density at radius 2 is 1.75 bits per heavy atom. The number of H-pyrrole nitrogens is 1. The van der Waals surface area contributed by atoms with Crippen molar-refractivity contribution in [3.05, 3.63) is 71.4 Å². The second-order valence-corrected chi connectivity index (χ2v) is 8.21. The third-order valence-corrected chi connectivity index (χ3v) is 6.20. The second-order valence-electron chi connectivity index (χ2n) is 8.21. The van der Waals surface area contributed by atoms with Gasteiger partial charge in [0.2, 0.25) is 0 Å². The van der Waals surface area contributed by atoms with E-state index in [0.717, 1.165) is 23.9 Å². The first-order chi connectivity index (χ1) is 15.4. The largest absolute Gasteiger partial charge is 0.466 e. The number of ether oxygens (including phenoxy) is 1. The number of nitrogens with one attached hydrogen (secondary N) is 1. The van der Waals surface area contributed by atoms with Gasteiger partial charge in [-0.25, -0.2) is 8.78 Å². The van der Waals surface area contributed by atoms with Crippen molar-refractivity contribution in [3.8, 4) is 0 Å². The van der Waals surface area contributed by atoms with E-state index in [-0.39, 0.29) is 41.8 Å². The van der Waals surface area contributed by atoms with Gasteiger partial charge in [0.15, 0.2) is 0 Å². The van der Waals surface area contributed by atoms with Gasteiger partial charge in [-0.2, -0.15) is 0 Å². The molecule has 1 aliphatic rings. The van der Waals surface area contributed by atoms with Crippen molar-refractivity contribution in [3.63, 3.8) is 0 Å². The van der Waals surface area contributed by atoms with Crippen LogP contribution in [0.3, 0.4) is 0 Å². The van der Waals surface area contributed by atoms with Crippen molar-refractivity contribution >= 4 is 22.8 Å². The first-order valence-electron chi connectivity index (χ1n) is 10.9. The van der Waals surface area contributed by atoms with Crippen LogP contribution in [-0.4, -0.2) is 41.5 Å². The molecule has 2 heterocycles. The standard InChI is InChI=1S/C25H26F2N2O3/c1-2-32-24(30)15-21(16-3-5-19(26)6-4-16)17-9-11-29(12-10-17)25(31)23-14-18-13-20(27)7-8-22(18)28-23/h3-8,13-14,17,21,28H,2,9-12,15H2,1H3. The predicted octanol–water partition coefficient (Wildman–Crippen LogP) is 5.04. The van der Waals surface area contributed by atoms with Crippen molar-refractivity contribution < 1.29 is 23.1 Å². The topological polar surface area (TPSA) is 62.4 Å². The van der Waals surface area contributed by atoms with Crippen molar-refractivity contribution in [1.82, 2.24) is 9.88 Å². The molecule has 0 spiro atoms. The van der Waals surface area contributed by atoms with Crippen LogP contribution in [0.2, 0.25) is 0 Å². The molecule has 7 heteroatoms. The highest BCUT2D eigenvalue weighted by Gasteiger charge is 2.32. The number of nitrogens with zero attached hydrogens (tertiary/aromatic N) is 1. The fourth-order valence-electron chi connectivity index (χ4n) is 4.56. The normalized spacial score (nSPS) is 15.7. The zero-order valence-electron chi connectivity index (χ0n) is 17.9. The van der Waals surface area contributed by atoms with Crippen molar-refractivity contribution in [1.29, 1.82) is 0 Å². The maximum Gasteiger partial charge on any atom is 0.306 e. The lowest BCUT2D eigenvalue weighted by Crippen LogP contribution is -2.40. The molecule has 0 bridgehead atoms. The molecule has 168 valence electrons. The SMILES string of the molecule is CCOC(=O)CC(c1ccc(F)cc1)C1CCN(C(=O)c2cc3cc(F)ccc3[nH]2)CC1. The Kier molecular flexibility index (Phi) is 6.53. The molecule has 1 atom stereocenters. The van der Waals surface area contributed by atoms with E-state index >= 15 is 0 Å². The van der Waals surface area contributed by atoms with Gasteiger partial charge in [0.05, 0.1) is 13.0 Å². The van der Waals surface area contributed by atoms with Gasteiger partial charge in [0.25, 0.3) is 5.91 Å². The molecule has 32 heavy (non-hydrogen) atoms. The van der Waals surface area contributed by atoms with Crippen LogP contribution in [0.25, 0.3) is 10.9 Å².